The molecule has 1 aromatic rings. The standard InChI is InChI=1S/C18H29NO2/c1-13-8-7-9-14(10-13)11-19(6)12-15-16(20)18(4,5)21-17(15,2)3/h7-10,15-16,20H,11-12H2,1-6H3. The number of aryl methyl sites for hydroxylation is 1. The number of hydrogen-bond donors (Lipinski definition) is 1. The lowest BCUT2D eigenvalue weighted by Crippen LogP contribution is -2.42. The van der Waals surface area contributed by atoms with E-state index in [1.807, 2.05) is 13.8 Å². The average molecular weight is 291 g/mol. The van der Waals surface area contributed by atoms with Gasteiger partial charge in [-0.2, -0.15) is 0 Å². The second-order valence-corrected chi connectivity index (χ2v) is 7.55. The SMILES string of the molecule is Cc1cccc(CN(C)CC2C(O)C(C)(C)OC2(C)C)c1. The Kier molecular flexibility index (Phi) is 4.48. The fraction of sp³-hybridized carbons (Fsp3) is 0.667. The molecular weight excluding hydrogens is 262 g/mol. The molecule has 3 nitrogen and oxygen atoms in total. The molecule has 1 N–H and O–H groups in total. The van der Waals surface area contributed by atoms with E-state index in [0.29, 0.717) is 0 Å². The maximum absolute atomic E-state index is 10.6. The maximum atomic E-state index is 10.6. The van der Waals surface area contributed by atoms with Gasteiger partial charge in [0.1, 0.15) is 0 Å². The topological polar surface area (TPSA) is 32.7 Å². The molecule has 1 aliphatic heterocycles. The summed E-state index contributed by atoms with van der Waals surface area (Å²) in [6, 6.07) is 8.58. The van der Waals surface area contributed by atoms with Crippen LogP contribution in [0.4, 0.5) is 0 Å². The van der Waals surface area contributed by atoms with Gasteiger partial charge < -0.3 is 14.7 Å². The molecule has 0 bridgehead atoms. The summed E-state index contributed by atoms with van der Waals surface area (Å²) in [4.78, 5) is 2.27. The van der Waals surface area contributed by atoms with Crippen LogP contribution in [0.1, 0.15) is 38.8 Å². The quantitative estimate of drug-likeness (QED) is 0.925. The molecule has 2 rings (SSSR count). The van der Waals surface area contributed by atoms with Crippen LogP contribution in [0.15, 0.2) is 24.3 Å². The molecule has 1 fully saturated rings. The number of aliphatic hydroxyl groups excluding tert-OH is 1. The number of benzene rings is 1. The zero-order valence-corrected chi connectivity index (χ0v) is 14.2. The first kappa shape index (κ1) is 16.5. The normalized spacial score (nSPS) is 27.2. The van der Waals surface area contributed by atoms with Gasteiger partial charge in [0, 0.05) is 19.0 Å². The van der Waals surface area contributed by atoms with Gasteiger partial charge in [0.2, 0.25) is 0 Å². The van der Waals surface area contributed by atoms with E-state index < -0.39 is 11.7 Å². The van der Waals surface area contributed by atoms with Crippen molar-refractivity contribution in [2.24, 2.45) is 5.92 Å². The average Bonchev–Trinajstić information content (AvgIpc) is 2.47. The smallest absolute Gasteiger partial charge is 0.0896 e. The Morgan fingerprint density at radius 3 is 2.38 bits per heavy atom. The molecule has 1 saturated heterocycles. The van der Waals surface area contributed by atoms with E-state index >= 15 is 0 Å². The number of ether oxygens (including phenoxy) is 1. The van der Waals surface area contributed by atoms with Crippen LogP contribution in [-0.4, -0.2) is 40.9 Å². The fourth-order valence-corrected chi connectivity index (χ4v) is 3.52. The molecule has 118 valence electrons. The van der Waals surface area contributed by atoms with Crippen molar-refractivity contribution in [3.05, 3.63) is 35.4 Å². The summed E-state index contributed by atoms with van der Waals surface area (Å²) in [6.45, 7) is 11.9. The van der Waals surface area contributed by atoms with Crippen molar-refractivity contribution in [1.29, 1.82) is 0 Å². The van der Waals surface area contributed by atoms with Crippen molar-refractivity contribution < 1.29 is 9.84 Å². The monoisotopic (exact) mass is 291 g/mol. The van der Waals surface area contributed by atoms with Crippen LogP contribution < -0.4 is 0 Å². The maximum Gasteiger partial charge on any atom is 0.0896 e. The summed E-state index contributed by atoms with van der Waals surface area (Å²) in [7, 11) is 2.11. The minimum atomic E-state index is -0.474. The lowest BCUT2D eigenvalue weighted by molar-refractivity contribution is -0.0912. The van der Waals surface area contributed by atoms with Crippen LogP contribution in [0, 0.1) is 12.8 Å². The molecule has 1 aromatic carbocycles. The van der Waals surface area contributed by atoms with Gasteiger partial charge in [0.25, 0.3) is 0 Å². The molecule has 0 saturated carbocycles. The van der Waals surface area contributed by atoms with Crippen molar-refractivity contribution in [2.75, 3.05) is 13.6 Å². The number of rotatable bonds is 4. The summed E-state index contributed by atoms with van der Waals surface area (Å²) < 4.78 is 6.05. The Labute approximate surface area is 128 Å². The summed E-state index contributed by atoms with van der Waals surface area (Å²) in [5, 5.41) is 10.6. The fourth-order valence-electron chi connectivity index (χ4n) is 3.52. The van der Waals surface area contributed by atoms with Crippen LogP contribution in [0.3, 0.4) is 0 Å². The van der Waals surface area contributed by atoms with Crippen molar-refractivity contribution in [3.63, 3.8) is 0 Å². The van der Waals surface area contributed by atoms with Gasteiger partial charge in [-0.25, -0.2) is 0 Å². The number of aliphatic hydroxyl groups is 1. The van der Waals surface area contributed by atoms with Gasteiger partial charge in [-0.3, -0.25) is 0 Å². The van der Waals surface area contributed by atoms with Gasteiger partial charge in [-0.1, -0.05) is 29.8 Å². The molecule has 2 atom stereocenters. The molecule has 1 heterocycles. The van der Waals surface area contributed by atoms with Gasteiger partial charge in [-0.05, 0) is 47.2 Å². The summed E-state index contributed by atoms with van der Waals surface area (Å²) in [5.74, 6) is 0.113. The van der Waals surface area contributed by atoms with Crippen LogP contribution in [-0.2, 0) is 11.3 Å². The van der Waals surface area contributed by atoms with Gasteiger partial charge >= 0.3 is 0 Å². The summed E-state index contributed by atoms with van der Waals surface area (Å²) in [6.07, 6.45) is -0.438. The number of nitrogens with zero attached hydrogens (tertiary/aromatic N) is 1. The third-order valence-electron chi connectivity index (χ3n) is 4.56. The minimum Gasteiger partial charge on any atom is -0.390 e. The third-order valence-corrected chi connectivity index (χ3v) is 4.56. The molecular formula is C18H29NO2. The zero-order chi connectivity index (χ0) is 15.8. The first-order chi connectivity index (χ1) is 9.62. The van der Waals surface area contributed by atoms with Gasteiger partial charge in [-0.15, -0.1) is 0 Å². The summed E-state index contributed by atoms with van der Waals surface area (Å²) in [5.41, 5.74) is 1.82. The molecule has 21 heavy (non-hydrogen) atoms. The Hall–Kier alpha value is -0.900. The van der Waals surface area contributed by atoms with E-state index in [1.54, 1.807) is 0 Å². The molecule has 3 heteroatoms. The Balaban J connectivity index is 2.04. The molecule has 0 aromatic heterocycles. The number of hydrogen-bond acceptors (Lipinski definition) is 3. The first-order valence-corrected chi connectivity index (χ1v) is 7.74. The van der Waals surface area contributed by atoms with E-state index in [-0.39, 0.29) is 11.5 Å². The van der Waals surface area contributed by atoms with Crippen molar-refractivity contribution in [2.45, 2.75) is 58.5 Å². The molecule has 2 unspecified atom stereocenters. The molecule has 0 spiro atoms. The first-order valence-electron chi connectivity index (χ1n) is 7.74. The lowest BCUT2D eigenvalue weighted by atomic mass is 9.84. The van der Waals surface area contributed by atoms with E-state index in [0.717, 1.165) is 13.1 Å². The third kappa shape index (κ3) is 3.65. The molecule has 0 radical (unpaired) electrons. The van der Waals surface area contributed by atoms with Crippen LogP contribution in [0.5, 0.6) is 0 Å². The highest BCUT2D eigenvalue weighted by Crippen LogP contribution is 2.42. The van der Waals surface area contributed by atoms with Crippen LogP contribution in [0.2, 0.25) is 0 Å². The highest BCUT2D eigenvalue weighted by molar-refractivity contribution is 5.22. The molecule has 0 amide bonds. The van der Waals surface area contributed by atoms with Crippen molar-refractivity contribution in [3.8, 4) is 0 Å². The highest BCUT2D eigenvalue weighted by Gasteiger charge is 2.53. The van der Waals surface area contributed by atoms with E-state index in [2.05, 4.69) is 57.0 Å². The van der Waals surface area contributed by atoms with E-state index in [9.17, 15) is 5.11 Å². The van der Waals surface area contributed by atoms with Crippen molar-refractivity contribution >= 4 is 0 Å². The predicted molar refractivity (Wildman–Crippen MR) is 86.3 cm³/mol. The Morgan fingerprint density at radius 2 is 1.86 bits per heavy atom. The zero-order valence-electron chi connectivity index (χ0n) is 14.2. The lowest BCUT2D eigenvalue weighted by Gasteiger charge is -2.30. The van der Waals surface area contributed by atoms with E-state index in [4.69, 9.17) is 4.74 Å². The van der Waals surface area contributed by atoms with E-state index in [1.165, 1.54) is 11.1 Å². The Morgan fingerprint density at radius 1 is 1.19 bits per heavy atom. The summed E-state index contributed by atoms with van der Waals surface area (Å²) >= 11 is 0. The molecule has 0 aliphatic carbocycles. The van der Waals surface area contributed by atoms with Gasteiger partial charge in [0.05, 0.1) is 17.3 Å². The highest BCUT2D eigenvalue weighted by atomic mass is 16.5. The van der Waals surface area contributed by atoms with Crippen LogP contribution in [0.25, 0.3) is 0 Å². The second kappa shape index (κ2) is 5.71. The van der Waals surface area contributed by atoms with Crippen LogP contribution >= 0.6 is 0 Å². The minimum absolute atomic E-state index is 0.113. The van der Waals surface area contributed by atoms with Crippen molar-refractivity contribution in [1.82, 2.24) is 4.90 Å². The van der Waals surface area contributed by atoms with Gasteiger partial charge in [0.15, 0.2) is 0 Å². The Bertz CT molecular complexity index is 496. The predicted octanol–water partition coefficient (Wildman–Crippen LogP) is 2.99. The molecule has 1 aliphatic rings. The largest absolute Gasteiger partial charge is 0.390 e. The second-order valence-electron chi connectivity index (χ2n) is 7.55.